The molecule has 0 N–H and O–H groups in total. The Balaban J connectivity index is 2.22. The van der Waals surface area contributed by atoms with Crippen LogP contribution in [0.4, 0.5) is 0 Å². The average Bonchev–Trinajstić information content (AvgIpc) is 3.00. The van der Waals surface area contributed by atoms with Crippen molar-refractivity contribution in [2.45, 2.75) is 6.92 Å². The summed E-state index contributed by atoms with van der Waals surface area (Å²) in [6.45, 7) is 1.90. The van der Waals surface area contributed by atoms with Gasteiger partial charge in [0.2, 0.25) is 0 Å². The van der Waals surface area contributed by atoms with Crippen molar-refractivity contribution in [2.24, 2.45) is 0 Å². The third kappa shape index (κ3) is 2.03. The molecule has 0 aliphatic heterocycles. The van der Waals surface area contributed by atoms with Gasteiger partial charge in [0.15, 0.2) is 11.5 Å². The first-order chi connectivity index (χ1) is 11.2. The third-order valence-corrected chi connectivity index (χ3v) is 4.01. The van der Waals surface area contributed by atoms with Crippen LogP contribution in [-0.2, 0) is 0 Å². The Hall–Kier alpha value is -2.73. The molecule has 1 aromatic carbocycles. The number of benzene rings is 1. The van der Waals surface area contributed by atoms with Crippen LogP contribution in [0.1, 0.15) is 5.69 Å². The van der Waals surface area contributed by atoms with E-state index >= 15 is 0 Å². The second-order valence-corrected chi connectivity index (χ2v) is 5.47. The van der Waals surface area contributed by atoms with Gasteiger partial charge in [-0.05, 0) is 25.1 Å². The number of rotatable bonds is 2. The number of methoxy groups -OCH3 is 1. The molecule has 114 valence electrons. The second-order valence-electron chi connectivity index (χ2n) is 5.06. The van der Waals surface area contributed by atoms with E-state index in [1.54, 1.807) is 19.5 Å². The molecule has 0 bridgehead atoms. The molecule has 6 nitrogen and oxygen atoms in total. The first-order valence-electron chi connectivity index (χ1n) is 6.99. The van der Waals surface area contributed by atoms with E-state index in [1.807, 2.05) is 35.6 Å². The van der Waals surface area contributed by atoms with Gasteiger partial charge in [0.1, 0.15) is 11.3 Å². The minimum absolute atomic E-state index is 0.513. The van der Waals surface area contributed by atoms with E-state index in [2.05, 4.69) is 20.2 Å². The summed E-state index contributed by atoms with van der Waals surface area (Å²) in [5.41, 5.74) is 3.83. The van der Waals surface area contributed by atoms with Gasteiger partial charge in [-0.3, -0.25) is 9.38 Å². The van der Waals surface area contributed by atoms with Gasteiger partial charge in [-0.25, -0.2) is 4.98 Å². The zero-order valence-electron chi connectivity index (χ0n) is 12.5. The fraction of sp³-hybridized carbons (Fsp3) is 0.125. The first-order valence-corrected chi connectivity index (χ1v) is 7.37. The molecule has 0 aliphatic carbocycles. The Bertz CT molecular complexity index is 1040. The van der Waals surface area contributed by atoms with Crippen LogP contribution >= 0.6 is 11.6 Å². The molecular formula is C16H12ClN5O. The lowest BCUT2D eigenvalue weighted by Gasteiger charge is -2.10. The van der Waals surface area contributed by atoms with Crippen molar-refractivity contribution in [1.29, 1.82) is 0 Å². The van der Waals surface area contributed by atoms with Crippen LogP contribution in [0, 0.1) is 6.92 Å². The Labute approximate surface area is 136 Å². The zero-order chi connectivity index (χ0) is 16.0. The van der Waals surface area contributed by atoms with Crippen LogP contribution in [0.15, 0.2) is 36.7 Å². The number of hydrogen-bond donors (Lipinski definition) is 0. The normalized spacial score (nSPS) is 11.3. The van der Waals surface area contributed by atoms with Crippen molar-refractivity contribution in [3.05, 3.63) is 47.4 Å². The Morgan fingerprint density at radius 3 is 2.83 bits per heavy atom. The Morgan fingerprint density at radius 1 is 1.17 bits per heavy atom. The van der Waals surface area contributed by atoms with Crippen LogP contribution < -0.4 is 4.74 Å². The summed E-state index contributed by atoms with van der Waals surface area (Å²) in [6, 6.07) is 7.54. The van der Waals surface area contributed by atoms with Crippen molar-refractivity contribution >= 4 is 28.3 Å². The molecule has 3 aromatic heterocycles. The summed E-state index contributed by atoms with van der Waals surface area (Å²) in [4.78, 5) is 8.62. The maximum atomic E-state index is 6.29. The van der Waals surface area contributed by atoms with Gasteiger partial charge in [0, 0.05) is 18.0 Å². The van der Waals surface area contributed by atoms with Gasteiger partial charge in [-0.1, -0.05) is 17.7 Å². The molecule has 0 aliphatic rings. The lowest BCUT2D eigenvalue weighted by Crippen LogP contribution is -2.00. The van der Waals surface area contributed by atoms with E-state index < -0.39 is 0 Å². The topological polar surface area (TPSA) is 65.2 Å². The standard InChI is InChI=1S/C16H12ClN5O/c1-9-15-20-21-16(10-6-7-18-8-11(10)17)22(15)14-12(19-9)4-3-5-13(14)23-2/h3-8H,1-2H3. The molecule has 7 heteroatoms. The second kappa shape index (κ2) is 5.17. The number of ether oxygens (including phenoxy) is 1. The van der Waals surface area contributed by atoms with E-state index in [0.29, 0.717) is 22.2 Å². The average molecular weight is 326 g/mol. The fourth-order valence-corrected chi connectivity index (χ4v) is 2.89. The number of hydrogen-bond acceptors (Lipinski definition) is 5. The predicted molar refractivity (Wildman–Crippen MR) is 87.8 cm³/mol. The van der Waals surface area contributed by atoms with E-state index in [9.17, 15) is 0 Å². The van der Waals surface area contributed by atoms with E-state index in [1.165, 1.54) is 0 Å². The fourth-order valence-electron chi connectivity index (χ4n) is 2.68. The van der Waals surface area contributed by atoms with Crippen LogP contribution in [0.5, 0.6) is 5.75 Å². The lowest BCUT2D eigenvalue weighted by molar-refractivity contribution is 0.418. The van der Waals surface area contributed by atoms with Crippen molar-refractivity contribution < 1.29 is 4.74 Å². The van der Waals surface area contributed by atoms with E-state index in [-0.39, 0.29) is 0 Å². The number of halogens is 1. The highest BCUT2D eigenvalue weighted by molar-refractivity contribution is 6.33. The van der Waals surface area contributed by atoms with Gasteiger partial charge >= 0.3 is 0 Å². The van der Waals surface area contributed by atoms with Crippen molar-refractivity contribution in [1.82, 2.24) is 24.6 Å². The molecule has 0 unspecified atom stereocenters. The van der Waals surface area contributed by atoms with Crippen LogP contribution in [0.3, 0.4) is 0 Å². The minimum Gasteiger partial charge on any atom is -0.494 e. The molecule has 4 aromatic rings. The maximum absolute atomic E-state index is 6.29. The SMILES string of the molecule is COc1cccc2nc(C)c3nnc(-c4ccncc4Cl)n3c12. The molecule has 0 radical (unpaired) electrons. The van der Waals surface area contributed by atoms with Crippen LogP contribution in [0.25, 0.3) is 28.1 Å². The lowest BCUT2D eigenvalue weighted by atomic mass is 10.2. The summed E-state index contributed by atoms with van der Waals surface area (Å²) in [7, 11) is 1.63. The van der Waals surface area contributed by atoms with Gasteiger partial charge < -0.3 is 4.74 Å². The number of aromatic nitrogens is 5. The zero-order valence-corrected chi connectivity index (χ0v) is 13.2. The van der Waals surface area contributed by atoms with Gasteiger partial charge in [0.05, 0.1) is 23.3 Å². The van der Waals surface area contributed by atoms with Crippen molar-refractivity contribution in [3.63, 3.8) is 0 Å². The highest BCUT2D eigenvalue weighted by Gasteiger charge is 2.18. The van der Waals surface area contributed by atoms with Crippen LogP contribution in [0.2, 0.25) is 5.02 Å². The monoisotopic (exact) mass is 325 g/mol. The van der Waals surface area contributed by atoms with Crippen molar-refractivity contribution in [3.8, 4) is 17.1 Å². The number of pyridine rings is 1. The minimum atomic E-state index is 0.513. The molecule has 0 amide bonds. The molecule has 4 rings (SSSR count). The highest BCUT2D eigenvalue weighted by Crippen LogP contribution is 2.32. The van der Waals surface area contributed by atoms with Gasteiger partial charge in [0.25, 0.3) is 0 Å². The van der Waals surface area contributed by atoms with Gasteiger partial charge in [-0.2, -0.15) is 0 Å². The molecule has 0 fully saturated rings. The Kier molecular flexibility index (Phi) is 3.12. The largest absolute Gasteiger partial charge is 0.494 e. The molecule has 0 saturated heterocycles. The molecule has 0 spiro atoms. The first kappa shape index (κ1) is 13.9. The quantitative estimate of drug-likeness (QED) is 0.565. The third-order valence-electron chi connectivity index (χ3n) is 3.71. The summed E-state index contributed by atoms with van der Waals surface area (Å²) in [5.74, 6) is 1.33. The number of para-hydroxylation sites is 1. The summed E-state index contributed by atoms with van der Waals surface area (Å²) >= 11 is 6.29. The van der Waals surface area contributed by atoms with Crippen molar-refractivity contribution in [2.75, 3.05) is 7.11 Å². The number of nitrogens with zero attached hydrogens (tertiary/aromatic N) is 5. The summed E-state index contributed by atoms with van der Waals surface area (Å²) in [6.07, 6.45) is 3.27. The summed E-state index contributed by atoms with van der Waals surface area (Å²) < 4.78 is 7.43. The number of aryl methyl sites for hydroxylation is 1. The van der Waals surface area contributed by atoms with Gasteiger partial charge in [-0.15, -0.1) is 10.2 Å². The van der Waals surface area contributed by atoms with E-state index in [4.69, 9.17) is 16.3 Å². The molecular weight excluding hydrogens is 314 g/mol. The predicted octanol–water partition coefficient (Wildman–Crippen LogP) is 3.31. The number of fused-ring (bicyclic) bond motifs is 3. The smallest absolute Gasteiger partial charge is 0.183 e. The Morgan fingerprint density at radius 2 is 2.04 bits per heavy atom. The molecule has 3 heterocycles. The van der Waals surface area contributed by atoms with E-state index in [0.717, 1.165) is 22.3 Å². The molecule has 23 heavy (non-hydrogen) atoms. The molecule has 0 saturated carbocycles. The van der Waals surface area contributed by atoms with Crippen LogP contribution in [-0.4, -0.2) is 31.7 Å². The maximum Gasteiger partial charge on any atom is 0.183 e. The molecule has 0 atom stereocenters. The summed E-state index contributed by atoms with van der Waals surface area (Å²) in [5, 5.41) is 9.11. The highest BCUT2D eigenvalue weighted by atomic mass is 35.5.